The summed E-state index contributed by atoms with van der Waals surface area (Å²) in [6.07, 6.45) is 2.78. The van der Waals surface area contributed by atoms with Gasteiger partial charge in [-0.2, -0.15) is 0 Å². The lowest BCUT2D eigenvalue weighted by molar-refractivity contribution is -0.118. The van der Waals surface area contributed by atoms with Gasteiger partial charge in [0.1, 0.15) is 5.75 Å². The molecule has 0 radical (unpaired) electrons. The molecule has 3 rings (SSSR count). The maximum Gasteiger partial charge on any atom is 0.185 e. The normalized spacial score (nSPS) is 15.9. The molecule has 0 amide bonds. The van der Waals surface area contributed by atoms with Crippen LogP contribution in [-0.4, -0.2) is 26.0 Å². The Morgan fingerprint density at radius 3 is 2.38 bits per heavy atom. The fourth-order valence-corrected chi connectivity index (χ4v) is 4.07. The van der Waals surface area contributed by atoms with Crippen molar-refractivity contribution in [2.24, 2.45) is 11.7 Å². The quantitative estimate of drug-likeness (QED) is 0.838. The molecule has 0 heterocycles. The Labute approximate surface area is 142 Å². The first kappa shape index (κ1) is 16.9. The number of sulfone groups is 1. The summed E-state index contributed by atoms with van der Waals surface area (Å²) < 4.78 is 25.1. The number of rotatable bonds is 7. The van der Waals surface area contributed by atoms with Gasteiger partial charge in [-0.15, -0.1) is 0 Å². The van der Waals surface area contributed by atoms with E-state index in [1.54, 1.807) is 12.1 Å². The molecular weight excluding hydrogens is 322 g/mol. The van der Waals surface area contributed by atoms with E-state index in [1.807, 2.05) is 36.4 Å². The molecule has 0 aromatic heterocycles. The predicted molar refractivity (Wildman–Crippen MR) is 94.3 cm³/mol. The van der Waals surface area contributed by atoms with E-state index in [4.69, 9.17) is 5.73 Å². The van der Waals surface area contributed by atoms with Crippen LogP contribution in [0.25, 0.3) is 11.1 Å². The number of carbonyl (C=O) groups excluding carboxylic acids is 1. The number of Topliss-reactive ketones (excluding diaryl/α,β-unsaturated/α-hetero) is 1. The van der Waals surface area contributed by atoms with Gasteiger partial charge in [-0.05, 0) is 35.6 Å². The van der Waals surface area contributed by atoms with Crippen molar-refractivity contribution in [2.45, 2.75) is 30.2 Å². The van der Waals surface area contributed by atoms with Gasteiger partial charge in [-0.1, -0.05) is 55.3 Å². The summed E-state index contributed by atoms with van der Waals surface area (Å²) in [5, 5.41) is 0. The molecule has 2 N–H and O–H groups in total. The molecule has 4 nitrogen and oxygen atoms in total. The Morgan fingerprint density at radius 2 is 1.71 bits per heavy atom. The fourth-order valence-electron chi connectivity index (χ4n) is 2.72. The first-order chi connectivity index (χ1) is 11.5. The lowest BCUT2D eigenvalue weighted by atomic mass is 10.1. The van der Waals surface area contributed by atoms with Crippen LogP contribution in [0.5, 0.6) is 0 Å². The highest BCUT2D eigenvalue weighted by molar-refractivity contribution is 7.92. The molecular formula is C19H21NO3S. The van der Waals surface area contributed by atoms with E-state index in [2.05, 4.69) is 0 Å². The fraction of sp³-hybridized carbons (Fsp3) is 0.316. The summed E-state index contributed by atoms with van der Waals surface area (Å²) in [5.41, 5.74) is 7.60. The molecule has 5 heteroatoms. The van der Waals surface area contributed by atoms with Gasteiger partial charge in [0.2, 0.25) is 0 Å². The zero-order valence-electron chi connectivity index (χ0n) is 13.4. The number of benzene rings is 2. The Balaban J connectivity index is 1.78. The van der Waals surface area contributed by atoms with Crippen LogP contribution in [0.2, 0.25) is 0 Å². The van der Waals surface area contributed by atoms with Crippen molar-refractivity contribution in [3.63, 3.8) is 0 Å². The zero-order chi connectivity index (χ0) is 17.2. The zero-order valence-corrected chi connectivity index (χ0v) is 14.2. The molecule has 1 saturated carbocycles. The molecule has 1 atom stereocenters. The highest BCUT2D eigenvalue weighted by Crippen LogP contribution is 2.33. The van der Waals surface area contributed by atoms with Gasteiger partial charge in [-0.3, -0.25) is 4.79 Å². The van der Waals surface area contributed by atoms with Crippen LogP contribution < -0.4 is 5.73 Å². The minimum atomic E-state index is -3.68. The topological polar surface area (TPSA) is 77.2 Å². The second kappa shape index (κ2) is 6.87. The molecule has 0 spiro atoms. The minimum Gasteiger partial charge on any atom is -0.321 e. The monoisotopic (exact) mass is 343 g/mol. The van der Waals surface area contributed by atoms with Gasteiger partial charge in [0, 0.05) is 0 Å². The van der Waals surface area contributed by atoms with E-state index in [0.717, 1.165) is 24.0 Å². The summed E-state index contributed by atoms with van der Waals surface area (Å²) in [4.78, 5) is 12.3. The van der Waals surface area contributed by atoms with Crippen LogP contribution in [0.3, 0.4) is 0 Å². The highest BCUT2D eigenvalue weighted by atomic mass is 32.2. The molecule has 24 heavy (non-hydrogen) atoms. The number of carbonyl (C=O) groups is 1. The van der Waals surface area contributed by atoms with Crippen molar-refractivity contribution in [1.82, 2.24) is 0 Å². The second-order valence-corrected chi connectivity index (χ2v) is 8.39. The second-order valence-electron chi connectivity index (χ2n) is 6.40. The smallest absolute Gasteiger partial charge is 0.185 e. The summed E-state index contributed by atoms with van der Waals surface area (Å²) >= 11 is 0. The first-order valence-corrected chi connectivity index (χ1v) is 9.77. The van der Waals surface area contributed by atoms with E-state index in [1.165, 1.54) is 6.07 Å². The molecule has 0 aliphatic heterocycles. The van der Waals surface area contributed by atoms with Crippen LogP contribution in [0.15, 0.2) is 59.5 Å². The van der Waals surface area contributed by atoms with Crippen LogP contribution in [0.4, 0.5) is 0 Å². The third kappa shape index (κ3) is 4.10. The molecule has 0 bridgehead atoms. The lowest BCUT2D eigenvalue weighted by Crippen LogP contribution is -2.35. The average Bonchev–Trinajstić information content (AvgIpc) is 3.39. The van der Waals surface area contributed by atoms with Gasteiger partial charge < -0.3 is 5.73 Å². The molecule has 2 aromatic carbocycles. The van der Waals surface area contributed by atoms with E-state index in [-0.39, 0.29) is 4.90 Å². The van der Waals surface area contributed by atoms with Crippen LogP contribution >= 0.6 is 0 Å². The Kier molecular flexibility index (Phi) is 4.83. The maximum atomic E-state index is 12.6. The minimum absolute atomic E-state index is 0.163. The molecule has 1 aliphatic carbocycles. The van der Waals surface area contributed by atoms with Crippen LogP contribution in [0, 0.1) is 5.92 Å². The van der Waals surface area contributed by atoms with Gasteiger partial charge >= 0.3 is 0 Å². The van der Waals surface area contributed by atoms with Crippen molar-refractivity contribution in [1.29, 1.82) is 0 Å². The van der Waals surface area contributed by atoms with Gasteiger partial charge in [-0.25, -0.2) is 8.42 Å². The predicted octanol–water partition coefficient (Wildman–Crippen LogP) is 2.82. The van der Waals surface area contributed by atoms with Crippen molar-refractivity contribution < 1.29 is 13.2 Å². The van der Waals surface area contributed by atoms with Crippen molar-refractivity contribution in [3.05, 3.63) is 54.6 Å². The number of hydrogen-bond donors (Lipinski definition) is 1. The molecule has 2 aromatic rings. The largest absolute Gasteiger partial charge is 0.321 e. The van der Waals surface area contributed by atoms with Gasteiger partial charge in [0.05, 0.1) is 10.9 Å². The first-order valence-electron chi connectivity index (χ1n) is 8.12. The van der Waals surface area contributed by atoms with E-state index >= 15 is 0 Å². The number of nitrogens with two attached hydrogens (primary N) is 1. The van der Waals surface area contributed by atoms with Gasteiger partial charge in [0.15, 0.2) is 15.6 Å². The highest BCUT2D eigenvalue weighted by Gasteiger charge is 2.29. The maximum absolute atomic E-state index is 12.6. The van der Waals surface area contributed by atoms with Crippen molar-refractivity contribution >= 4 is 15.6 Å². The summed E-state index contributed by atoms with van der Waals surface area (Å²) in [5.74, 6) is -0.431. The Morgan fingerprint density at radius 1 is 1.04 bits per heavy atom. The number of hydrogen-bond acceptors (Lipinski definition) is 4. The van der Waals surface area contributed by atoms with Crippen LogP contribution in [0.1, 0.15) is 19.3 Å². The summed E-state index contributed by atoms with van der Waals surface area (Å²) in [6, 6.07) is 15.6. The third-order valence-corrected chi connectivity index (χ3v) is 5.97. The van der Waals surface area contributed by atoms with E-state index in [9.17, 15) is 13.2 Å². The Hall–Kier alpha value is -1.98. The molecule has 0 saturated heterocycles. The van der Waals surface area contributed by atoms with E-state index in [0.29, 0.717) is 12.3 Å². The van der Waals surface area contributed by atoms with Crippen LogP contribution in [-0.2, 0) is 14.6 Å². The van der Waals surface area contributed by atoms with Crippen molar-refractivity contribution in [2.75, 3.05) is 5.75 Å². The lowest BCUT2D eigenvalue weighted by Gasteiger charge is -2.11. The third-order valence-electron chi connectivity index (χ3n) is 4.33. The SMILES string of the molecule is N[C@@H](CC1CC1)C(=O)CS(=O)(=O)c1cccc(-c2ccccc2)c1. The summed E-state index contributed by atoms with van der Waals surface area (Å²) in [7, 11) is -3.68. The average molecular weight is 343 g/mol. The number of ketones is 1. The van der Waals surface area contributed by atoms with Crippen molar-refractivity contribution in [3.8, 4) is 11.1 Å². The van der Waals surface area contributed by atoms with E-state index < -0.39 is 27.4 Å². The molecule has 126 valence electrons. The van der Waals surface area contributed by atoms with Gasteiger partial charge in [0.25, 0.3) is 0 Å². The standard InChI is InChI=1S/C19H21NO3S/c20-18(11-14-9-10-14)19(21)13-24(22,23)17-8-4-7-16(12-17)15-5-2-1-3-6-15/h1-8,12,14,18H,9-11,13,20H2/t18-/m0/s1. The molecule has 0 unspecified atom stereocenters. The summed E-state index contributed by atoms with van der Waals surface area (Å²) in [6.45, 7) is 0. The molecule has 1 fully saturated rings. The molecule has 1 aliphatic rings. The Bertz CT molecular complexity index is 827.